The molecule has 8 nitrogen and oxygen atoms in total. The number of nitrogens with one attached hydrogen (secondary N) is 1. The van der Waals surface area contributed by atoms with Crippen LogP contribution < -0.4 is 5.32 Å². The van der Waals surface area contributed by atoms with Gasteiger partial charge >= 0.3 is 4.45 Å². The molecule has 0 fully saturated rings. The first kappa shape index (κ1) is 13.3. The molecule has 17 heavy (non-hydrogen) atoms. The normalized spacial score (nSPS) is 23.4. The molecule has 0 saturated carbocycles. The Balaban J connectivity index is 3.12. The fourth-order valence-corrected chi connectivity index (χ4v) is 1.69. The largest absolute Gasteiger partial charge is 0.321 e. The van der Waals surface area contributed by atoms with E-state index in [9.17, 15) is 25.0 Å². The molecule has 0 aromatic heterocycles. The van der Waals surface area contributed by atoms with Crippen molar-refractivity contribution >= 4 is 21.8 Å². The minimum atomic E-state index is -1.70. The number of hydrogen-bond acceptors (Lipinski definition) is 5. The Morgan fingerprint density at radius 3 is 2.53 bits per heavy atom. The lowest BCUT2D eigenvalue weighted by Crippen LogP contribution is -2.35. The number of rotatable bonds is 3. The lowest BCUT2D eigenvalue weighted by molar-refractivity contribution is -0.529. The third-order valence-electron chi connectivity index (χ3n) is 2.07. The summed E-state index contributed by atoms with van der Waals surface area (Å²) >= 11 is 2.83. The minimum absolute atomic E-state index is 0.0283. The highest BCUT2D eigenvalue weighted by molar-refractivity contribution is 9.10. The molecule has 0 spiro atoms. The average Bonchev–Trinajstić information content (AvgIpc) is 2.19. The molecule has 9 heteroatoms. The van der Waals surface area contributed by atoms with E-state index >= 15 is 0 Å². The van der Waals surface area contributed by atoms with Crippen molar-refractivity contribution in [2.24, 2.45) is 0 Å². The van der Waals surface area contributed by atoms with Crippen molar-refractivity contribution in [2.75, 3.05) is 0 Å². The summed E-state index contributed by atoms with van der Waals surface area (Å²) in [7, 11) is 0. The number of nitro groups is 2. The molecule has 1 amide bonds. The van der Waals surface area contributed by atoms with E-state index in [1.54, 1.807) is 0 Å². The van der Waals surface area contributed by atoms with Gasteiger partial charge in [0.2, 0.25) is 5.91 Å². The predicted molar refractivity (Wildman–Crippen MR) is 60.2 cm³/mol. The van der Waals surface area contributed by atoms with Gasteiger partial charge in [-0.05, 0) is 6.08 Å². The lowest BCUT2D eigenvalue weighted by atomic mass is 10.0. The lowest BCUT2D eigenvalue weighted by Gasteiger charge is -2.18. The van der Waals surface area contributed by atoms with Gasteiger partial charge in [-0.3, -0.25) is 25.0 Å². The first-order valence-corrected chi connectivity index (χ1v) is 5.23. The molecule has 0 radical (unpaired) electrons. The highest BCUT2D eigenvalue weighted by atomic mass is 79.9. The van der Waals surface area contributed by atoms with Crippen LogP contribution in [-0.4, -0.2) is 20.2 Å². The van der Waals surface area contributed by atoms with Gasteiger partial charge in [0.1, 0.15) is 12.1 Å². The van der Waals surface area contributed by atoms with Crippen LogP contribution in [0.25, 0.3) is 0 Å². The number of hydrogen-bond donors (Lipinski definition) is 1. The van der Waals surface area contributed by atoms with E-state index in [2.05, 4.69) is 21.2 Å². The van der Waals surface area contributed by atoms with Gasteiger partial charge in [0.15, 0.2) is 0 Å². The number of carbonyl (C=O) groups is 1. The zero-order valence-electron chi connectivity index (χ0n) is 8.68. The quantitative estimate of drug-likeness (QED) is 0.360. The van der Waals surface area contributed by atoms with Gasteiger partial charge in [-0.1, -0.05) is 0 Å². The third-order valence-corrected chi connectivity index (χ3v) is 2.90. The molecule has 1 rings (SSSR count). The van der Waals surface area contributed by atoms with Gasteiger partial charge in [-0.25, -0.2) is 0 Å². The van der Waals surface area contributed by atoms with E-state index in [0.29, 0.717) is 0 Å². The maximum Gasteiger partial charge on any atom is 0.303 e. The van der Waals surface area contributed by atoms with E-state index in [-0.39, 0.29) is 5.70 Å². The van der Waals surface area contributed by atoms with Crippen LogP contribution in [0.2, 0.25) is 0 Å². The third kappa shape index (κ3) is 2.87. The number of allylic oxidation sites excluding steroid dienone is 1. The number of amides is 1. The summed E-state index contributed by atoms with van der Waals surface area (Å²) in [6.45, 7) is 1.20. The molecular weight excluding hydrogens is 298 g/mol. The second-order valence-corrected chi connectivity index (χ2v) is 4.76. The smallest absolute Gasteiger partial charge is 0.303 e. The molecule has 1 unspecified atom stereocenters. The van der Waals surface area contributed by atoms with Gasteiger partial charge in [-0.15, -0.1) is 0 Å². The van der Waals surface area contributed by atoms with Crippen molar-refractivity contribution in [1.82, 2.24) is 5.32 Å². The predicted octanol–water partition coefficient (Wildman–Crippen LogP) is 0.939. The summed E-state index contributed by atoms with van der Waals surface area (Å²) in [5.41, 5.74) is -0.435. The zero-order valence-corrected chi connectivity index (χ0v) is 10.3. The van der Waals surface area contributed by atoms with Crippen molar-refractivity contribution in [1.29, 1.82) is 0 Å². The van der Waals surface area contributed by atoms with E-state index in [0.717, 1.165) is 12.2 Å². The standard InChI is InChI=1S/C8H8BrN3O5/c1-5(13)10-6-2-3-8(9,12(16)17)4-7(6)11(14)15/h2-3H,4H2,1H3,(H,10,13). The summed E-state index contributed by atoms with van der Waals surface area (Å²) in [6, 6.07) is 0. The molecule has 1 aliphatic rings. The van der Waals surface area contributed by atoms with Crippen LogP contribution >= 0.6 is 15.9 Å². The summed E-state index contributed by atoms with van der Waals surface area (Å²) in [5.74, 6) is -0.479. The summed E-state index contributed by atoms with van der Waals surface area (Å²) in [4.78, 5) is 30.9. The van der Waals surface area contributed by atoms with Crippen molar-refractivity contribution in [3.63, 3.8) is 0 Å². The Morgan fingerprint density at radius 2 is 2.12 bits per heavy atom. The molecule has 92 valence electrons. The topological polar surface area (TPSA) is 115 Å². The Morgan fingerprint density at radius 1 is 1.53 bits per heavy atom. The first-order valence-electron chi connectivity index (χ1n) is 4.44. The summed E-state index contributed by atoms with van der Waals surface area (Å²) in [6.07, 6.45) is 1.87. The van der Waals surface area contributed by atoms with Gasteiger partial charge < -0.3 is 5.32 Å². The number of carbonyl (C=O) groups excluding carboxylic acids is 1. The monoisotopic (exact) mass is 305 g/mol. The molecular formula is C8H8BrN3O5. The molecule has 0 heterocycles. The molecule has 1 N–H and O–H groups in total. The van der Waals surface area contributed by atoms with Crippen molar-refractivity contribution in [3.8, 4) is 0 Å². The molecule has 1 atom stereocenters. The molecule has 0 aromatic carbocycles. The van der Waals surface area contributed by atoms with Crippen molar-refractivity contribution in [2.45, 2.75) is 17.8 Å². The second kappa shape index (κ2) is 4.62. The second-order valence-electron chi connectivity index (χ2n) is 3.38. The fourth-order valence-electron chi connectivity index (χ4n) is 1.29. The van der Waals surface area contributed by atoms with Gasteiger partial charge in [0.05, 0.1) is 4.92 Å². The highest BCUT2D eigenvalue weighted by Crippen LogP contribution is 2.34. The molecule has 0 aromatic rings. The Hall–Kier alpha value is -1.77. The molecule has 0 aliphatic heterocycles. The van der Waals surface area contributed by atoms with Gasteiger partial charge in [-0.2, -0.15) is 0 Å². The molecule has 0 bridgehead atoms. The maximum absolute atomic E-state index is 10.8. The van der Waals surface area contributed by atoms with Crippen molar-refractivity contribution < 1.29 is 14.6 Å². The Bertz CT molecular complexity index is 458. The number of halogens is 1. The Labute approximate surface area is 104 Å². The molecule has 1 aliphatic carbocycles. The van der Waals surface area contributed by atoms with E-state index < -0.39 is 32.3 Å². The summed E-state index contributed by atoms with van der Waals surface area (Å²) < 4.78 is -1.70. The fraction of sp³-hybridized carbons (Fsp3) is 0.375. The van der Waals surface area contributed by atoms with Crippen LogP contribution in [0.5, 0.6) is 0 Å². The molecule has 0 saturated heterocycles. The van der Waals surface area contributed by atoms with E-state index in [1.807, 2.05) is 0 Å². The van der Waals surface area contributed by atoms with Crippen LogP contribution in [0.4, 0.5) is 0 Å². The average molecular weight is 306 g/mol. The SMILES string of the molecule is CC(=O)NC1=C([N+](=O)[O-])CC(Br)([N+](=O)[O-])C=C1. The van der Waals surface area contributed by atoms with E-state index in [1.165, 1.54) is 6.92 Å². The Kier molecular flexibility index (Phi) is 3.61. The first-order chi connectivity index (χ1) is 7.76. The van der Waals surface area contributed by atoms with Crippen LogP contribution in [0, 0.1) is 20.2 Å². The number of alkyl halides is 1. The van der Waals surface area contributed by atoms with Crippen LogP contribution in [0.1, 0.15) is 13.3 Å². The van der Waals surface area contributed by atoms with Crippen LogP contribution in [-0.2, 0) is 4.79 Å². The minimum Gasteiger partial charge on any atom is -0.321 e. The number of nitrogens with zero attached hydrogens (tertiary/aromatic N) is 2. The van der Waals surface area contributed by atoms with Crippen LogP contribution in [0.3, 0.4) is 0 Å². The van der Waals surface area contributed by atoms with Gasteiger partial charge in [0, 0.05) is 33.9 Å². The highest BCUT2D eigenvalue weighted by Gasteiger charge is 2.45. The summed E-state index contributed by atoms with van der Waals surface area (Å²) in [5, 5.41) is 23.8. The van der Waals surface area contributed by atoms with Crippen LogP contribution in [0.15, 0.2) is 23.5 Å². The maximum atomic E-state index is 10.8. The zero-order chi connectivity index (χ0) is 13.2. The van der Waals surface area contributed by atoms with E-state index in [4.69, 9.17) is 0 Å². The van der Waals surface area contributed by atoms with Crippen molar-refractivity contribution in [3.05, 3.63) is 43.8 Å². The van der Waals surface area contributed by atoms with Gasteiger partial charge in [0.25, 0.3) is 5.70 Å².